The van der Waals surface area contributed by atoms with Crippen LogP contribution in [-0.4, -0.2) is 46.6 Å². The second-order valence-corrected chi connectivity index (χ2v) is 6.00. The molecule has 1 atom stereocenters. The smallest absolute Gasteiger partial charge is 0.322 e. The van der Waals surface area contributed by atoms with Crippen molar-refractivity contribution in [2.75, 3.05) is 11.3 Å². The fraction of sp³-hybridized carbons (Fsp3) is 0.500. The minimum atomic E-state index is -4.03. The summed E-state index contributed by atoms with van der Waals surface area (Å²) in [5.41, 5.74) is -0.464. The van der Waals surface area contributed by atoms with Crippen LogP contribution in [0.3, 0.4) is 0 Å². The second kappa shape index (κ2) is 5.59. The van der Waals surface area contributed by atoms with Crippen LogP contribution in [0.15, 0.2) is 16.9 Å². The second-order valence-electron chi connectivity index (χ2n) is 4.37. The van der Waals surface area contributed by atoms with E-state index in [0.717, 1.165) is 10.4 Å². The van der Waals surface area contributed by atoms with E-state index in [-0.39, 0.29) is 18.8 Å². The zero-order chi connectivity index (χ0) is 14.8. The number of carboxylic acid groups (broad SMARTS) is 1. The zero-order valence-electron chi connectivity index (χ0n) is 10.4. The third kappa shape index (κ3) is 3.14. The van der Waals surface area contributed by atoms with E-state index in [1.54, 1.807) is 0 Å². The van der Waals surface area contributed by atoms with Gasteiger partial charge in [-0.05, 0) is 25.3 Å². The molecular formula is C10H14N4O5S. The van der Waals surface area contributed by atoms with Crippen molar-refractivity contribution in [1.82, 2.24) is 14.5 Å². The third-order valence-corrected chi connectivity index (χ3v) is 4.48. The molecule has 1 aliphatic heterocycles. The summed E-state index contributed by atoms with van der Waals surface area (Å²) in [6, 6.07) is 1.25. The molecule has 1 aliphatic rings. The van der Waals surface area contributed by atoms with Gasteiger partial charge in [0.05, 0.1) is 0 Å². The van der Waals surface area contributed by atoms with Crippen LogP contribution in [0.1, 0.15) is 19.3 Å². The van der Waals surface area contributed by atoms with E-state index in [2.05, 4.69) is 14.9 Å². The Bertz CT molecular complexity index is 635. The molecule has 1 fully saturated rings. The summed E-state index contributed by atoms with van der Waals surface area (Å²) in [6.45, 7) is 0.135. The number of hydrogen-bond acceptors (Lipinski definition) is 5. The molecule has 2 heterocycles. The lowest BCUT2D eigenvalue weighted by molar-refractivity contribution is -0.142. The Balaban J connectivity index is 2.22. The highest BCUT2D eigenvalue weighted by Crippen LogP contribution is 2.21. The van der Waals surface area contributed by atoms with Gasteiger partial charge in [0, 0.05) is 12.6 Å². The van der Waals surface area contributed by atoms with Gasteiger partial charge in [-0.25, -0.2) is 5.10 Å². The Morgan fingerprint density at radius 1 is 1.45 bits per heavy atom. The molecule has 1 saturated heterocycles. The monoisotopic (exact) mass is 302 g/mol. The molecular weight excluding hydrogens is 288 g/mol. The van der Waals surface area contributed by atoms with Crippen molar-refractivity contribution in [3.8, 4) is 0 Å². The molecule has 1 unspecified atom stereocenters. The molecule has 0 aliphatic carbocycles. The molecule has 0 bridgehead atoms. The summed E-state index contributed by atoms with van der Waals surface area (Å²) in [5.74, 6) is -1.25. The first-order valence-electron chi connectivity index (χ1n) is 5.98. The van der Waals surface area contributed by atoms with Gasteiger partial charge in [-0.3, -0.25) is 14.3 Å². The first kappa shape index (κ1) is 14.5. The normalized spacial score (nSPS) is 20.5. The Hall–Kier alpha value is -1.94. The Morgan fingerprint density at radius 2 is 2.20 bits per heavy atom. The molecule has 9 nitrogen and oxygen atoms in total. The van der Waals surface area contributed by atoms with Crippen molar-refractivity contribution in [1.29, 1.82) is 0 Å². The van der Waals surface area contributed by atoms with E-state index in [0.29, 0.717) is 12.8 Å². The number of aromatic nitrogens is 2. The predicted molar refractivity (Wildman–Crippen MR) is 69.4 cm³/mol. The fourth-order valence-corrected chi connectivity index (χ4v) is 3.43. The number of aromatic amines is 1. The number of carboxylic acids is 1. The molecule has 20 heavy (non-hydrogen) atoms. The standard InChI is InChI=1S/C10H14N4O5S/c15-9-5-4-8(11-12-9)13-20(18,19)14-6-2-1-3-7(14)10(16)17/h4-5,7H,1-3,6H2,(H,11,13)(H,12,15)(H,16,17). The van der Waals surface area contributed by atoms with E-state index >= 15 is 0 Å². The summed E-state index contributed by atoms with van der Waals surface area (Å²) < 4.78 is 27.4. The van der Waals surface area contributed by atoms with Gasteiger partial charge < -0.3 is 5.11 Å². The van der Waals surface area contributed by atoms with Crippen molar-refractivity contribution >= 4 is 22.0 Å². The summed E-state index contributed by atoms with van der Waals surface area (Å²) >= 11 is 0. The molecule has 1 aromatic heterocycles. The highest BCUT2D eigenvalue weighted by molar-refractivity contribution is 7.90. The Kier molecular flexibility index (Phi) is 4.04. The largest absolute Gasteiger partial charge is 0.480 e. The minimum Gasteiger partial charge on any atom is -0.480 e. The lowest BCUT2D eigenvalue weighted by Gasteiger charge is -2.31. The van der Waals surface area contributed by atoms with Crippen LogP contribution in [0.25, 0.3) is 0 Å². The van der Waals surface area contributed by atoms with Crippen LogP contribution in [0.4, 0.5) is 5.82 Å². The maximum absolute atomic E-state index is 12.2. The number of piperidine rings is 1. The highest BCUT2D eigenvalue weighted by Gasteiger charge is 2.36. The maximum Gasteiger partial charge on any atom is 0.322 e. The molecule has 0 saturated carbocycles. The van der Waals surface area contributed by atoms with Crippen LogP contribution in [-0.2, 0) is 15.0 Å². The van der Waals surface area contributed by atoms with Crippen LogP contribution in [0, 0.1) is 0 Å². The first-order valence-corrected chi connectivity index (χ1v) is 7.42. The van der Waals surface area contributed by atoms with Gasteiger partial charge >= 0.3 is 16.2 Å². The van der Waals surface area contributed by atoms with Crippen LogP contribution >= 0.6 is 0 Å². The average molecular weight is 302 g/mol. The van der Waals surface area contributed by atoms with Crippen molar-refractivity contribution < 1.29 is 18.3 Å². The van der Waals surface area contributed by atoms with Gasteiger partial charge in [0.15, 0.2) is 5.82 Å². The number of nitrogens with zero attached hydrogens (tertiary/aromatic N) is 2. The van der Waals surface area contributed by atoms with Gasteiger partial charge in [0.1, 0.15) is 6.04 Å². The van der Waals surface area contributed by atoms with E-state index in [1.165, 1.54) is 6.07 Å². The van der Waals surface area contributed by atoms with E-state index in [1.807, 2.05) is 0 Å². The van der Waals surface area contributed by atoms with Gasteiger partial charge in [0.2, 0.25) is 0 Å². The zero-order valence-corrected chi connectivity index (χ0v) is 11.3. The topological polar surface area (TPSA) is 132 Å². The molecule has 0 radical (unpaired) electrons. The van der Waals surface area contributed by atoms with Crippen molar-refractivity contribution in [2.45, 2.75) is 25.3 Å². The van der Waals surface area contributed by atoms with Crippen LogP contribution in [0.5, 0.6) is 0 Å². The number of hydrogen-bond donors (Lipinski definition) is 3. The molecule has 10 heteroatoms. The number of H-pyrrole nitrogens is 1. The molecule has 2 rings (SSSR count). The SMILES string of the molecule is O=C(O)C1CCCCN1S(=O)(=O)Nc1ccc(=O)[nH]n1. The summed E-state index contributed by atoms with van der Waals surface area (Å²) in [7, 11) is -4.03. The average Bonchev–Trinajstić information content (AvgIpc) is 2.41. The molecule has 1 aromatic rings. The van der Waals surface area contributed by atoms with Gasteiger partial charge in [-0.15, -0.1) is 0 Å². The van der Waals surface area contributed by atoms with E-state index < -0.39 is 27.8 Å². The first-order chi connectivity index (χ1) is 9.40. The minimum absolute atomic E-state index is 0.0701. The number of nitrogens with one attached hydrogen (secondary N) is 2. The molecule has 0 amide bonds. The third-order valence-electron chi connectivity index (χ3n) is 2.96. The van der Waals surface area contributed by atoms with E-state index in [4.69, 9.17) is 5.11 Å². The molecule has 3 N–H and O–H groups in total. The predicted octanol–water partition coefficient (Wildman–Crippen LogP) is -0.634. The maximum atomic E-state index is 12.2. The fourth-order valence-electron chi connectivity index (χ4n) is 2.03. The van der Waals surface area contributed by atoms with Crippen molar-refractivity contribution in [3.63, 3.8) is 0 Å². The van der Waals surface area contributed by atoms with Crippen molar-refractivity contribution in [3.05, 3.63) is 22.5 Å². The quantitative estimate of drug-likeness (QED) is 0.678. The van der Waals surface area contributed by atoms with Gasteiger partial charge in [-0.1, -0.05) is 0 Å². The lowest BCUT2D eigenvalue weighted by atomic mass is 10.1. The molecule has 0 aromatic carbocycles. The number of carbonyl (C=O) groups is 1. The van der Waals surface area contributed by atoms with Gasteiger partial charge in [-0.2, -0.15) is 17.8 Å². The number of anilines is 1. The number of rotatable bonds is 4. The highest BCUT2D eigenvalue weighted by atomic mass is 32.2. The summed E-state index contributed by atoms with van der Waals surface area (Å²) in [5, 5.41) is 14.7. The Labute approximate surface area is 114 Å². The molecule has 110 valence electrons. The summed E-state index contributed by atoms with van der Waals surface area (Å²) in [6.07, 6.45) is 1.54. The van der Waals surface area contributed by atoms with Crippen LogP contribution in [0.2, 0.25) is 0 Å². The lowest BCUT2D eigenvalue weighted by Crippen LogP contribution is -2.50. The van der Waals surface area contributed by atoms with E-state index in [9.17, 15) is 18.0 Å². The summed E-state index contributed by atoms with van der Waals surface area (Å²) in [4.78, 5) is 22.0. The van der Waals surface area contributed by atoms with Gasteiger partial charge in [0.25, 0.3) is 5.56 Å². The Morgan fingerprint density at radius 3 is 2.80 bits per heavy atom. The number of aliphatic carboxylic acids is 1. The van der Waals surface area contributed by atoms with Crippen molar-refractivity contribution in [2.24, 2.45) is 0 Å². The van der Waals surface area contributed by atoms with Crippen LogP contribution < -0.4 is 10.3 Å². The molecule has 0 spiro atoms.